The summed E-state index contributed by atoms with van der Waals surface area (Å²) in [7, 11) is 0. The highest BCUT2D eigenvalue weighted by Crippen LogP contribution is 2.25. The molecule has 2 aromatic rings. The van der Waals surface area contributed by atoms with E-state index in [-0.39, 0.29) is 5.91 Å². The van der Waals surface area contributed by atoms with Gasteiger partial charge in [0, 0.05) is 10.3 Å². The van der Waals surface area contributed by atoms with Gasteiger partial charge in [0.25, 0.3) is 5.91 Å². The molecule has 6 heteroatoms. The number of thiazole rings is 1. The Morgan fingerprint density at radius 3 is 2.88 bits per heavy atom. The van der Waals surface area contributed by atoms with Gasteiger partial charge in [0.1, 0.15) is 5.69 Å². The van der Waals surface area contributed by atoms with Gasteiger partial charge in [-0.1, -0.05) is 12.1 Å². The van der Waals surface area contributed by atoms with Crippen molar-refractivity contribution < 1.29 is 4.79 Å². The van der Waals surface area contributed by atoms with Gasteiger partial charge < -0.3 is 11.1 Å². The molecule has 0 saturated heterocycles. The Bertz CT molecular complexity index is 539. The normalized spacial score (nSPS) is 10.2. The van der Waals surface area contributed by atoms with E-state index in [0.717, 1.165) is 10.6 Å². The van der Waals surface area contributed by atoms with Crippen molar-refractivity contribution >= 4 is 39.8 Å². The number of nitrogens with one attached hydrogen (secondary N) is 1. The highest BCUT2D eigenvalue weighted by molar-refractivity contribution is 7.98. The lowest BCUT2D eigenvalue weighted by molar-refractivity contribution is 0.102. The topological polar surface area (TPSA) is 68.0 Å². The molecule has 0 radical (unpaired) electrons. The molecular weight excluding hydrogens is 254 g/mol. The first-order chi connectivity index (χ1) is 8.20. The van der Waals surface area contributed by atoms with Crippen molar-refractivity contribution in [2.24, 2.45) is 0 Å². The van der Waals surface area contributed by atoms with Crippen molar-refractivity contribution in [3.63, 3.8) is 0 Å². The molecule has 1 aromatic heterocycles. The monoisotopic (exact) mass is 265 g/mol. The number of amides is 1. The number of para-hydroxylation sites is 1. The van der Waals surface area contributed by atoms with Crippen LogP contribution in [-0.4, -0.2) is 17.1 Å². The van der Waals surface area contributed by atoms with Crippen molar-refractivity contribution in [1.82, 2.24) is 4.98 Å². The Morgan fingerprint density at radius 2 is 2.24 bits per heavy atom. The Labute approximate surface area is 107 Å². The number of benzene rings is 1. The van der Waals surface area contributed by atoms with Crippen LogP contribution in [0.5, 0.6) is 0 Å². The number of aromatic nitrogens is 1. The molecule has 1 aromatic carbocycles. The first-order valence-electron chi connectivity index (χ1n) is 4.86. The molecule has 88 valence electrons. The molecular formula is C11H11N3OS2. The second-order valence-corrected chi connectivity index (χ2v) is 4.96. The predicted molar refractivity (Wildman–Crippen MR) is 72.7 cm³/mol. The van der Waals surface area contributed by atoms with Crippen LogP contribution >= 0.6 is 23.1 Å². The maximum absolute atomic E-state index is 11.9. The molecule has 0 aliphatic heterocycles. The molecule has 17 heavy (non-hydrogen) atoms. The summed E-state index contributed by atoms with van der Waals surface area (Å²) in [5.74, 6) is -0.237. The minimum absolute atomic E-state index is 0.237. The smallest absolute Gasteiger partial charge is 0.275 e. The summed E-state index contributed by atoms with van der Waals surface area (Å²) < 4.78 is 0. The molecule has 0 spiro atoms. The van der Waals surface area contributed by atoms with E-state index in [1.165, 1.54) is 11.3 Å². The highest BCUT2D eigenvalue weighted by atomic mass is 32.2. The van der Waals surface area contributed by atoms with E-state index in [1.54, 1.807) is 17.1 Å². The number of nitrogens with zero attached hydrogens (tertiary/aromatic N) is 1. The molecule has 1 amide bonds. The average Bonchev–Trinajstić information content (AvgIpc) is 2.77. The third-order valence-corrected chi connectivity index (χ3v) is 3.58. The summed E-state index contributed by atoms with van der Waals surface area (Å²) in [6, 6.07) is 7.63. The minimum Gasteiger partial charge on any atom is -0.375 e. The molecule has 3 N–H and O–H groups in total. The van der Waals surface area contributed by atoms with E-state index in [0.29, 0.717) is 10.8 Å². The fourth-order valence-corrected chi connectivity index (χ4v) is 2.42. The number of rotatable bonds is 3. The molecule has 0 aliphatic rings. The Morgan fingerprint density at radius 1 is 1.47 bits per heavy atom. The van der Waals surface area contributed by atoms with E-state index in [2.05, 4.69) is 10.3 Å². The van der Waals surface area contributed by atoms with E-state index in [9.17, 15) is 4.79 Å². The summed E-state index contributed by atoms with van der Waals surface area (Å²) in [6.07, 6.45) is 1.96. The van der Waals surface area contributed by atoms with Gasteiger partial charge in [0.15, 0.2) is 5.13 Å². The quantitative estimate of drug-likeness (QED) is 0.837. The lowest BCUT2D eigenvalue weighted by Crippen LogP contribution is -2.12. The SMILES string of the molecule is CSc1ccccc1NC(=O)c1csc(N)n1. The summed E-state index contributed by atoms with van der Waals surface area (Å²) in [6.45, 7) is 0. The van der Waals surface area contributed by atoms with Crippen LogP contribution in [0.2, 0.25) is 0 Å². The third-order valence-electron chi connectivity index (χ3n) is 2.11. The number of thioether (sulfide) groups is 1. The molecule has 0 aliphatic carbocycles. The molecule has 0 saturated carbocycles. The van der Waals surface area contributed by atoms with Gasteiger partial charge in [0.05, 0.1) is 5.69 Å². The van der Waals surface area contributed by atoms with E-state index in [4.69, 9.17) is 5.73 Å². The fraction of sp³-hybridized carbons (Fsp3) is 0.0909. The van der Waals surface area contributed by atoms with Gasteiger partial charge in [-0.2, -0.15) is 0 Å². The van der Waals surface area contributed by atoms with Crippen LogP contribution in [0.3, 0.4) is 0 Å². The zero-order valence-electron chi connectivity index (χ0n) is 9.14. The second kappa shape index (κ2) is 5.20. The Balaban J connectivity index is 2.18. The molecule has 2 rings (SSSR count). The number of carbonyl (C=O) groups excluding carboxylic acids is 1. The molecule has 0 unspecified atom stereocenters. The van der Waals surface area contributed by atoms with Crippen LogP contribution in [0.4, 0.5) is 10.8 Å². The van der Waals surface area contributed by atoms with Gasteiger partial charge in [-0.3, -0.25) is 4.79 Å². The van der Waals surface area contributed by atoms with Crippen molar-refractivity contribution in [1.29, 1.82) is 0 Å². The maximum atomic E-state index is 11.9. The minimum atomic E-state index is -0.237. The van der Waals surface area contributed by atoms with Crippen LogP contribution in [0, 0.1) is 0 Å². The summed E-state index contributed by atoms with van der Waals surface area (Å²) in [4.78, 5) is 16.8. The van der Waals surface area contributed by atoms with Crippen LogP contribution in [0.1, 0.15) is 10.5 Å². The Hall–Kier alpha value is -1.53. The Kier molecular flexibility index (Phi) is 3.65. The number of nitrogen functional groups attached to an aromatic ring is 1. The molecule has 0 atom stereocenters. The van der Waals surface area contributed by atoms with E-state index in [1.807, 2.05) is 30.5 Å². The standard InChI is InChI=1S/C11H11N3OS2/c1-16-9-5-3-2-4-7(9)13-10(15)8-6-17-11(12)14-8/h2-6H,1H3,(H2,12,14)(H,13,15). The fourth-order valence-electron chi connectivity index (χ4n) is 1.33. The number of nitrogens with two attached hydrogens (primary N) is 1. The van der Waals surface area contributed by atoms with Crippen molar-refractivity contribution in [3.8, 4) is 0 Å². The van der Waals surface area contributed by atoms with Gasteiger partial charge in [-0.15, -0.1) is 23.1 Å². The average molecular weight is 265 g/mol. The van der Waals surface area contributed by atoms with Crippen molar-refractivity contribution in [3.05, 3.63) is 35.3 Å². The van der Waals surface area contributed by atoms with Crippen LogP contribution in [0.15, 0.2) is 34.5 Å². The summed E-state index contributed by atoms with van der Waals surface area (Å²) in [5, 5.41) is 4.86. The van der Waals surface area contributed by atoms with Crippen molar-refractivity contribution in [2.45, 2.75) is 4.90 Å². The van der Waals surface area contributed by atoms with Crippen LogP contribution < -0.4 is 11.1 Å². The number of carbonyl (C=O) groups is 1. The van der Waals surface area contributed by atoms with Gasteiger partial charge in [-0.05, 0) is 18.4 Å². The largest absolute Gasteiger partial charge is 0.375 e. The van der Waals surface area contributed by atoms with Gasteiger partial charge in [0.2, 0.25) is 0 Å². The molecule has 4 nitrogen and oxygen atoms in total. The molecule has 0 fully saturated rings. The number of anilines is 2. The number of hydrogen-bond donors (Lipinski definition) is 2. The van der Waals surface area contributed by atoms with Gasteiger partial charge >= 0.3 is 0 Å². The lowest BCUT2D eigenvalue weighted by atomic mass is 10.3. The van der Waals surface area contributed by atoms with Crippen LogP contribution in [-0.2, 0) is 0 Å². The first-order valence-corrected chi connectivity index (χ1v) is 6.96. The van der Waals surface area contributed by atoms with E-state index < -0.39 is 0 Å². The first kappa shape index (κ1) is 11.9. The molecule has 1 heterocycles. The predicted octanol–water partition coefficient (Wildman–Crippen LogP) is 2.70. The summed E-state index contributed by atoms with van der Waals surface area (Å²) >= 11 is 2.83. The highest BCUT2D eigenvalue weighted by Gasteiger charge is 2.11. The van der Waals surface area contributed by atoms with E-state index >= 15 is 0 Å². The number of hydrogen-bond acceptors (Lipinski definition) is 5. The second-order valence-electron chi connectivity index (χ2n) is 3.23. The summed E-state index contributed by atoms with van der Waals surface area (Å²) in [5.41, 5.74) is 6.63. The van der Waals surface area contributed by atoms with Gasteiger partial charge in [-0.25, -0.2) is 4.98 Å². The lowest BCUT2D eigenvalue weighted by Gasteiger charge is -2.07. The van der Waals surface area contributed by atoms with Crippen molar-refractivity contribution in [2.75, 3.05) is 17.3 Å². The third kappa shape index (κ3) is 2.78. The zero-order valence-corrected chi connectivity index (χ0v) is 10.8. The zero-order chi connectivity index (χ0) is 12.3. The molecule has 0 bridgehead atoms. The maximum Gasteiger partial charge on any atom is 0.275 e. The van der Waals surface area contributed by atoms with Crippen LogP contribution in [0.25, 0.3) is 0 Å².